The van der Waals surface area contributed by atoms with Crippen molar-refractivity contribution >= 4 is 28.4 Å². The lowest BCUT2D eigenvalue weighted by Gasteiger charge is -2.30. The van der Waals surface area contributed by atoms with Gasteiger partial charge in [-0.3, -0.25) is 4.79 Å². The van der Waals surface area contributed by atoms with Crippen LogP contribution in [0.1, 0.15) is 29.2 Å². The molecular weight excluding hydrogens is 453 g/mol. The second-order valence-corrected chi connectivity index (χ2v) is 8.95. The van der Waals surface area contributed by atoms with Crippen LogP contribution >= 0.6 is 0 Å². The average molecular weight is 480 g/mol. The van der Waals surface area contributed by atoms with Crippen LogP contribution in [0.4, 0.5) is 10.2 Å². The van der Waals surface area contributed by atoms with Gasteiger partial charge in [-0.15, -0.1) is 0 Å². The Balaban J connectivity index is 1.47. The van der Waals surface area contributed by atoms with Gasteiger partial charge in [-0.1, -0.05) is 0 Å². The molecule has 1 aliphatic carbocycles. The topological polar surface area (TPSA) is 108 Å². The molecule has 4 aromatic rings. The van der Waals surface area contributed by atoms with Gasteiger partial charge in [-0.2, -0.15) is 9.61 Å². The fourth-order valence-electron chi connectivity index (χ4n) is 4.85. The summed E-state index contributed by atoms with van der Waals surface area (Å²) >= 11 is 0. The van der Waals surface area contributed by atoms with Crippen LogP contribution in [-0.2, 0) is 9.47 Å². The third-order valence-electron chi connectivity index (χ3n) is 7.00. The molecule has 1 aliphatic heterocycles. The molecule has 1 saturated heterocycles. The van der Waals surface area contributed by atoms with E-state index in [1.165, 1.54) is 6.20 Å². The summed E-state index contributed by atoms with van der Waals surface area (Å²) in [5.41, 5.74) is 3.02. The number of aromatic nitrogens is 5. The minimum absolute atomic E-state index is 0.0221. The lowest BCUT2D eigenvalue weighted by atomic mass is 9.90. The van der Waals surface area contributed by atoms with Crippen molar-refractivity contribution in [1.82, 2.24) is 29.5 Å². The van der Waals surface area contributed by atoms with Gasteiger partial charge in [-0.25, -0.2) is 14.4 Å². The van der Waals surface area contributed by atoms with Crippen LogP contribution < -0.4 is 10.6 Å². The first-order valence-corrected chi connectivity index (χ1v) is 11.7. The zero-order valence-electron chi connectivity index (χ0n) is 19.4. The van der Waals surface area contributed by atoms with E-state index in [4.69, 9.17) is 14.5 Å². The van der Waals surface area contributed by atoms with Crippen LogP contribution in [0.3, 0.4) is 0 Å². The van der Waals surface area contributed by atoms with E-state index in [-0.39, 0.29) is 18.1 Å². The van der Waals surface area contributed by atoms with E-state index in [2.05, 4.69) is 25.3 Å². The molecular formula is C24H26FN7O3. The second kappa shape index (κ2) is 8.58. The number of carbonyl (C=O) groups excluding carboxylic acids is 1. The Bertz CT molecular complexity index is 1420. The molecule has 4 aromatic heterocycles. The molecule has 0 bridgehead atoms. The quantitative estimate of drug-likeness (QED) is 0.438. The zero-order chi connectivity index (χ0) is 24.1. The van der Waals surface area contributed by atoms with Crippen molar-refractivity contribution in [3.05, 3.63) is 42.4 Å². The van der Waals surface area contributed by atoms with E-state index in [9.17, 15) is 9.18 Å². The Morgan fingerprint density at radius 2 is 2.17 bits per heavy atom. The van der Waals surface area contributed by atoms with Crippen LogP contribution in [0.25, 0.3) is 27.9 Å². The van der Waals surface area contributed by atoms with Crippen LogP contribution in [0.5, 0.6) is 0 Å². The number of ether oxygens (including phenoxy) is 2. The summed E-state index contributed by atoms with van der Waals surface area (Å²) in [7, 11) is 3.47. The molecule has 5 heterocycles. The van der Waals surface area contributed by atoms with Crippen molar-refractivity contribution in [1.29, 1.82) is 0 Å². The number of amides is 1. The predicted molar refractivity (Wildman–Crippen MR) is 127 cm³/mol. The molecule has 4 atom stereocenters. The van der Waals surface area contributed by atoms with Gasteiger partial charge in [0.05, 0.1) is 37.2 Å². The maximum atomic E-state index is 13.7. The lowest BCUT2D eigenvalue weighted by molar-refractivity contribution is 0.0692. The second-order valence-electron chi connectivity index (χ2n) is 8.95. The molecule has 2 N–H and O–H groups in total. The highest BCUT2D eigenvalue weighted by molar-refractivity contribution is 6.01. The Morgan fingerprint density at radius 3 is 2.91 bits per heavy atom. The zero-order valence-corrected chi connectivity index (χ0v) is 19.4. The fraction of sp³-hybridized carbons (Fsp3) is 0.417. The number of methoxy groups -OCH3 is 1. The highest BCUT2D eigenvalue weighted by Gasteiger charge is 2.34. The third kappa shape index (κ3) is 3.53. The van der Waals surface area contributed by atoms with Gasteiger partial charge in [0.25, 0.3) is 5.91 Å². The van der Waals surface area contributed by atoms with E-state index in [0.717, 1.165) is 16.6 Å². The van der Waals surface area contributed by atoms with Gasteiger partial charge in [0.15, 0.2) is 5.65 Å². The van der Waals surface area contributed by atoms with Crippen LogP contribution in [0.2, 0.25) is 0 Å². The number of nitrogens with zero attached hydrogens (tertiary/aromatic N) is 5. The van der Waals surface area contributed by atoms with Gasteiger partial charge in [0, 0.05) is 43.6 Å². The van der Waals surface area contributed by atoms with Crippen molar-refractivity contribution in [3.8, 4) is 11.3 Å². The Labute approximate surface area is 200 Å². The van der Waals surface area contributed by atoms with Crippen LogP contribution in [0, 0.1) is 0 Å². The Morgan fingerprint density at radius 1 is 1.29 bits per heavy atom. The van der Waals surface area contributed by atoms with E-state index < -0.39 is 12.2 Å². The number of hydrogen-bond acceptors (Lipinski definition) is 7. The molecule has 2 aliphatic rings. The minimum atomic E-state index is -1.01. The first kappa shape index (κ1) is 21.9. The summed E-state index contributed by atoms with van der Waals surface area (Å²) < 4.78 is 28.7. The predicted octanol–water partition coefficient (Wildman–Crippen LogP) is 2.60. The Kier molecular flexibility index (Phi) is 5.37. The van der Waals surface area contributed by atoms with Crippen molar-refractivity contribution in [2.24, 2.45) is 0 Å². The molecule has 1 amide bonds. The van der Waals surface area contributed by atoms with Gasteiger partial charge in [0.1, 0.15) is 29.3 Å². The monoisotopic (exact) mass is 479 g/mol. The fourth-order valence-corrected chi connectivity index (χ4v) is 4.85. The van der Waals surface area contributed by atoms with E-state index in [0.29, 0.717) is 48.8 Å². The molecule has 6 rings (SSSR count). The van der Waals surface area contributed by atoms with Crippen molar-refractivity contribution in [2.45, 2.75) is 37.2 Å². The standard InChI is InChI=1S/C24H26FN7O3/c1-26-21-8-18(29-23-14(9-28-32(21)23)24(33)30-17-6-5-16(17)25)15-10-31(19-11-35-12-20(19)34-2)22-13(15)4-3-7-27-22/h3-4,7-10,16-17,19-20,26H,5-6,11-12H2,1-2H3,(H,30,33)/t16?,17?,19-,20-/m1/s1. The smallest absolute Gasteiger partial charge is 0.257 e. The molecule has 1 saturated carbocycles. The number of anilines is 1. The third-order valence-corrected chi connectivity index (χ3v) is 7.00. The number of alkyl halides is 1. The van der Waals surface area contributed by atoms with E-state index in [1.54, 1.807) is 24.9 Å². The number of hydrogen-bond donors (Lipinski definition) is 2. The van der Waals surface area contributed by atoms with Gasteiger partial charge < -0.3 is 24.7 Å². The summed E-state index contributed by atoms with van der Waals surface area (Å²) in [5.74, 6) is 0.286. The molecule has 2 fully saturated rings. The lowest BCUT2D eigenvalue weighted by Crippen LogP contribution is -2.48. The number of rotatable bonds is 6. The number of nitrogens with one attached hydrogen (secondary N) is 2. The van der Waals surface area contributed by atoms with Gasteiger partial charge in [-0.05, 0) is 25.0 Å². The number of carbonyl (C=O) groups is 1. The molecule has 182 valence electrons. The summed E-state index contributed by atoms with van der Waals surface area (Å²) in [6.07, 6.45) is 5.25. The van der Waals surface area contributed by atoms with Gasteiger partial charge >= 0.3 is 0 Å². The molecule has 0 spiro atoms. The summed E-state index contributed by atoms with van der Waals surface area (Å²) in [4.78, 5) is 22.4. The van der Waals surface area contributed by atoms with Crippen LogP contribution in [-0.4, -0.2) is 75.7 Å². The minimum Gasteiger partial charge on any atom is -0.377 e. The summed E-state index contributed by atoms with van der Waals surface area (Å²) in [6.45, 7) is 1.04. The molecule has 10 nitrogen and oxygen atoms in total. The molecule has 11 heteroatoms. The number of pyridine rings is 1. The maximum Gasteiger partial charge on any atom is 0.257 e. The van der Waals surface area contributed by atoms with E-state index in [1.807, 2.05) is 24.4 Å². The molecule has 0 radical (unpaired) electrons. The van der Waals surface area contributed by atoms with Crippen molar-refractivity contribution in [3.63, 3.8) is 0 Å². The maximum absolute atomic E-state index is 13.7. The SMILES string of the molecule is CNc1cc(-c2cn([C@@H]3COC[C@H]3OC)c3ncccc23)nc2c(C(=O)NC3CCC3F)cnn12. The first-order chi connectivity index (χ1) is 17.1. The normalized spacial score (nSPS) is 24.1. The highest BCUT2D eigenvalue weighted by atomic mass is 19.1. The summed E-state index contributed by atoms with van der Waals surface area (Å²) in [6, 6.07) is 5.28. The molecule has 35 heavy (non-hydrogen) atoms. The van der Waals surface area contributed by atoms with Crippen molar-refractivity contribution < 1.29 is 18.7 Å². The molecule has 0 aromatic carbocycles. The van der Waals surface area contributed by atoms with E-state index >= 15 is 0 Å². The largest absolute Gasteiger partial charge is 0.377 e. The molecule has 2 unspecified atom stereocenters. The van der Waals surface area contributed by atoms with Gasteiger partial charge in [0.2, 0.25) is 0 Å². The average Bonchev–Trinajstić information content (AvgIpc) is 3.61. The first-order valence-electron chi connectivity index (χ1n) is 11.7. The van der Waals surface area contributed by atoms with Crippen molar-refractivity contribution in [2.75, 3.05) is 32.7 Å². The number of halogens is 1. The Hall–Kier alpha value is -3.57. The van der Waals surface area contributed by atoms with Crippen LogP contribution in [0.15, 0.2) is 36.8 Å². The summed E-state index contributed by atoms with van der Waals surface area (Å²) in [5, 5.41) is 11.2. The number of fused-ring (bicyclic) bond motifs is 2. The highest BCUT2D eigenvalue weighted by Crippen LogP contribution is 2.35.